The Bertz CT molecular complexity index is 1730. The minimum absolute atomic E-state index is 0.0147. The number of carbonyl (C=O) groups is 2. The first-order chi connectivity index (χ1) is 23.2. The summed E-state index contributed by atoms with van der Waals surface area (Å²) in [6.07, 6.45) is 1.91. The van der Waals surface area contributed by atoms with Crippen molar-refractivity contribution >= 4 is 29.3 Å². The van der Waals surface area contributed by atoms with Crippen molar-refractivity contribution in [3.8, 4) is 11.1 Å². The summed E-state index contributed by atoms with van der Waals surface area (Å²) in [6.45, 7) is 1.21. The molecule has 2 heterocycles. The number of anilines is 1. The van der Waals surface area contributed by atoms with Crippen LogP contribution in [0.2, 0.25) is 5.02 Å². The number of carbonyl (C=O) groups excluding carboxylic acids is 2. The molecule has 2 amide bonds. The molecule has 1 saturated heterocycles. The molecular weight excluding hydrogens is 647 g/mol. The predicted octanol–water partition coefficient (Wildman–Crippen LogP) is 5.54. The minimum atomic E-state index is -0.975. The number of nitrogens with zero attached hydrogens (tertiary/aromatic N) is 1. The number of alkyl carbamates (subject to hydrolysis) is 1. The number of nitrogens with two attached hydrogens (primary N) is 1. The number of morpholine rings is 1. The molecule has 4 aromatic rings. The SMILES string of the molecule is NC(=O)[C@H](Cc1ccc(F)c(-c2ccc(F)cc2)c1)Nc1cncc(F)c1CC[C@@H]1CNC[C@@H](COC(=O)NCc2ccccc2Cl)O1. The van der Waals surface area contributed by atoms with E-state index in [0.717, 1.165) is 11.8 Å². The Kier molecular flexibility index (Phi) is 11.9. The van der Waals surface area contributed by atoms with Crippen molar-refractivity contribution < 1.29 is 32.2 Å². The Balaban J connectivity index is 1.17. The summed E-state index contributed by atoms with van der Waals surface area (Å²) in [6, 6.07) is 16.0. The van der Waals surface area contributed by atoms with E-state index >= 15 is 4.39 Å². The van der Waals surface area contributed by atoms with Gasteiger partial charge >= 0.3 is 6.09 Å². The molecule has 252 valence electrons. The van der Waals surface area contributed by atoms with E-state index in [4.69, 9.17) is 26.8 Å². The highest BCUT2D eigenvalue weighted by Crippen LogP contribution is 2.27. The number of amides is 2. The normalized spacial score (nSPS) is 16.6. The number of aromatic nitrogens is 1. The fourth-order valence-corrected chi connectivity index (χ4v) is 5.62. The van der Waals surface area contributed by atoms with Crippen molar-refractivity contribution in [1.82, 2.24) is 15.6 Å². The monoisotopic (exact) mass is 681 g/mol. The van der Waals surface area contributed by atoms with Gasteiger partial charge in [-0.2, -0.15) is 0 Å². The number of nitrogens with one attached hydrogen (secondary N) is 3. The van der Waals surface area contributed by atoms with Gasteiger partial charge in [0.2, 0.25) is 5.91 Å². The van der Waals surface area contributed by atoms with Crippen LogP contribution in [0, 0.1) is 17.5 Å². The molecule has 1 aliphatic rings. The molecule has 0 spiro atoms. The van der Waals surface area contributed by atoms with Gasteiger partial charge in [0.05, 0.1) is 24.2 Å². The van der Waals surface area contributed by atoms with Crippen LogP contribution in [-0.2, 0) is 33.7 Å². The molecule has 0 bridgehead atoms. The van der Waals surface area contributed by atoms with Gasteiger partial charge in [0.1, 0.15) is 36.2 Å². The fourth-order valence-electron chi connectivity index (χ4n) is 5.41. The van der Waals surface area contributed by atoms with Crippen LogP contribution in [0.4, 0.5) is 23.7 Å². The van der Waals surface area contributed by atoms with Gasteiger partial charge in [-0.3, -0.25) is 9.78 Å². The number of primary amides is 1. The molecule has 9 nitrogen and oxygen atoms in total. The summed E-state index contributed by atoms with van der Waals surface area (Å²) in [4.78, 5) is 28.7. The van der Waals surface area contributed by atoms with Crippen LogP contribution in [0.3, 0.4) is 0 Å². The van der Waals surface area contributed by atoms with Gasteiger partial charge in [0, 0.05) is 42.2 Å². The summed E-state index contributed by atoms with van der Waals surface area (Å²) in [5.41, 5.74) is 8.37. The molecule has 3 atom stereocenters. The molecule has 0 aliphatic carbocycles. The molecular formula is C35H35ClF3N5O4. The third-order valence-corrected chi connectivity index (χ3v) is 8.30. The van der Waals surface area contributed by atoms with E-state index in [2.05, 4.69) is 20.9 Å². The van der Waals surface area contributed by atoms with E-state index in [1.807, 2.05) is 6.07 Å². The van der Waals surface area contributed by atoms with Crippen molar-refractivity contribution in [2.24, 2.45) is 5.73 Å². The number of hydrogen-bond acceptors (Lipinski definition) is 7. The van der Waals surface area contributed by atoms with Gasteiger partial charge in [-0.1, -0.05) is 48.0 Å². The van der Waals surface area contributed by atoms with Crippen LogP contribution in [0.5, 0.6) is 0 Å². The molecule has 0 radical (unpaired) electrons. The number of benzene rings is 3. The maximum atomic E-state index is 15.1. The summed E-state index contributed by atoms with van der Waals surface area (Å²) in [5, 5.41) is 9.49. The second kappa shape index (κ2) is 16.4. The minimum Gasteiger partial charge on any atom is -0.447 e. The van der Waals surface area contributed by atoms with Crippen LogP contribution < -0.4 is 21.7 Å². The Morgan fingerprint density at radius 2 is 1.79 bits per heavy atom. The van der Waals surface area contributed by atoms with E-state index < -0.39 is 41.6 Å². The third kappa shape index (κ3) is 9.46. The molecule has 1 aromatic heterocycles. The fraction of sp³-hybridized carbons (Fsp3) is 0.286. The van der Waals surface area contributed by atoms with Gasteiger partial charge in [0.15, 0.2) is 0 Å². The zero-order valence-electron chi connectivity index (χ0n) is 25.9. The van der Waals surface area contributed by atoms with Crippen molar-refractivity contribution in [2.75, 3.05) is 25.0 Å². The smallest absolute Gasteiger partial charge is 0.407 e. The van der Waals surface area contributed by atoms with Crippen molar-refractivity contribution in [3.63, 3.8) is 0 Å². The molecule has 0 saturated carbocycles. The average Bonchev–Trinajstić information content (AvgIpc) is 3.08. The molecule has 48 heavy (non-hydrogen) atoms. The van der Waals surface area contributed by atoms with Gasteiger partial charge in [0.25, 0.3) is 0 Å². The largest absolute Gasteiger partial charge is 0.447 e. The number of halogens is 4. The van der Waals surface area contributed by atoms with Crippen molar-refractivity contribution in [2.45, 2.75) is 44.1 Å². The van der Waals surface area contributed by atoms with E-state index in [1.165, 1.54) is 42.6 Å². The average molecular weight is 682 g/mol. The Morgan fingerprint density at radius 3 is 2.56 bits per heavy atom. The lowest BCUT2D eigenvalue weighted by Crippen LogP contribution is -2.47. The quantitative estimate of drug-likeness (QED) is 0.146. The van der Waals surface area contributed by atoms with Crippen LogP contribution in [0.15, 0.2) is 79.1 Å². The maximum absolute atomic E-state index is 15.1. The zero-order chi connectivity index (χ0) is 34.0. The number of rotatable bonds is 13. The van der Waals surface area contributed by atoms with Crippen LogP contribution >= 0.6 is 11.6 Å². The molecule has 0 unspecified atom stereocenters. The maximum Gasteiger partial charge on any atom is 0.407 e. The molecule has 13 heteroatoms. The zero-order valence-corrected chi connectivity index (χ0v) is 26.6. The van der Waals surface area contributed by atoms with Gasteiger partial charge in [-0.25, -0.2) is 18.0 Å². The molecule has 5 rings (SSSR count). The third-order valence-electron chi connectivity index (χ3n) is 7.93. The lowest BCUT2D eigenvalue weighted by molar-refractivity contribution is -0.118. The van der Waals surface area contributed by atoms with Crippen molar-refractivity contribution in [1.29, 1.82) is 0 Å². The second-order valence-corrected chi connectivity index (χ2v) is 11.8. The highest BCUT2D eigenvalue weighted by Gasteiger charge is 2.25. The standard InChI is InChI=1S/C35H35ClF3N5O4/c36-29-4-2-1-3-23(29)15-43-35(46)47-20-26-17-41-16-25(48-26)10-11-27-31(39)18-42-19-33(27)44-32(34(40)45)14-21-5-12-30(38)28(13-21)22-6-8-24(37)9-7-22/h1-9,12-13,18-19,25-26,32,41,44H,10-11,14-17,20H2,(H2,40,45)(H,43,46)/t25-,26+,32+/m1/s1. The first kappa shape index (κ1) is 34.7. The Hall–Kier alpha value is -4.65. The van der Waals surface area contributed by atoms with Crippen LogP contribution in [-0.4, -0.2) is 54.9 Å². The van der Waals surface area contributed by atoms with E-state index in [9.17, 15) is 18.4 Å². The van der Waals surface area contributed by atoms with Gasteiger partial charge in [-0.15, -0.1) is 0 Å². The summed E-state index contributed by atoms with van der Waals surface area (Å²) < 4.78 is 54.6. The molecule has 1 fully saturated rings. The Labute approximate surface area is 281 Å². The Morgan fingerprint density at radius 1 is 1.02 bits per heavy atom. The predicted molar refractivity (Wildman–Crippen MR) is 176 cm³/mol. The highest BCUT2D eigenvalue weighted by atomic mass is 35.5. The summed E-state index contributed by atoms with van der Waals surface area (Å²) in [5.74, 6) is -2.21. The lowest BCUT2D eigenvalue weighted by atomic mass is 9.98. The van der Waals surface area contributed by atoms with Crippen LogP contribution in [0.25, 0.3) is 11.1 Å². The molecule has 5 N–H and O–H groups in total. The van der Waals surface area contributed by atoms with Crippen LogP contribution in [0.1, 0.15) is 23.1 Å². The van der Waals surface area contributed by atoms with E-state index in [0.29, 0.717) is 46.9 Å². The van der Waals surface area contributed by atoms with Gasteiger partial charge in [-0.05, 0) is 59.9 Å². The first-order valence-electron chi connectivity index (χ1n) is 15.4. The highest BCUT2D eigenvalue weighted by molar-refractivity contribution is 6.31. The topological polar surface area (TPSA) is 128 Å². The number of pyridine rings is 1. The van der Waals surface area contributed by atoms with Crippen molar-refractivity contribution in [3.05, 3.63) is 118 Å². The van der Waals surface area contributed by atoms with Gasteiger partial charge < -0.3 is 31.2 Å². The first-order valence-corrected chi connectivity index (χ1v) is 15.8. The summed E-state index contributed by atoms with van der Waals surface area (Å²) >= 11 is 6.13. The lowest BCUT2D eigenvalue weighted by Gasteiger charge is -2.31. The summed E-state index contributed by atoms with van der Waals surface area (Å²) in [7, 11) is 0. The second-order valence-electron chi connectivity index (χ2n) is 11.4. The molecule has 1 aliphatic heterocycles. The van der Waals surface area contributed by atoms with E-state index in [1.54, 1.807) is 24.3 Å². The molecule has 3 aromatic carbocycles. The number of hydrogen-bond donors (Lipinski definition) is 4. The van der Waals surface area contributed by atoms with E-state index in [-0.39, 0.29) is 37.7 Å². The number of ether oxygens (including phenoxy) is 2.